The lowest BCUT2D eigenvalue weighted by atomic mass is 9.99. The molecule has 3 rings (SSSR count). The first kappa shape index (κ1) is 24.1. The quantitative estimate of drug-likeness (QED) is 0.592. The molecule has 2 aromatic rings. The molecule has 0 bridgehead atoms. The summed E-state index contributed by atoms with van der Waals surface area (Å²) in [4.78, 5) is 12.7. The number of ether oxygens (including phenoxy) is 1. The Bertz CT molecular complexity index is 964. The molecule has 174 valence electrons. The molecule has 2 aromatic carbocycles. The van der Waals surface area contributed by atoms with Crippen LogP contribution in [0.25, 0.3) is 0 Å². The van der Waals surface area contributed by atoms with Gasteiger partial charge in [0, 0.05) is 26.2 Å². The fourth-order valence-electron chi connectivity index (χ4n) is 3.98. The molecule has 0 aliphatic carbocycles. The summed E-state index contributed by atoms with van der Waals surface area (Å²) < 4.78 is 35.1. The minimum Gasteiger partial charge on any atom is -0.494 e. The van der Waals surface area contributed by atoms with Crippen molar-refractivity contribution in [2.75, 3.05) is 37.1 Å². The van der Waals surface area contributed by atoms with Crippen LogP contribution in [0, 0.1) is 5.92 Å². The second kappa shape index (κ2) is 11.3. The number of hydrogen-bond donors (Lipinski definition) is 1. The van der Waals surface area contributed by atoms with Gasteiger partial charge in [0.2, 0.25) is 5.91 Å². The normalized spacial score (nSPS) is 17.0. The number of nitrogens with zero attached hydrogens (tertiary/aromatic N) is 2. The van der Waals surface area contributed by atoms with Crippen LogP contribution in [0.4, 0.5) is 5.69 Å². The molecule has 7 nitrogen and oxygen atoms in total. The topological polar surface area (TPSA) is 79.0 Å². The Balaban J connectivity index is 1.62. The van der Waals surface area contributed by atoms with Crippen molar-refractivity contribution in [2.24, 2.45) is 5.92 Å². The van der Waals surface area contributed by atoms with E-state index in [2.05, 4.69) is 5.32 Å². The molecule has 1 unspecified atom stereocenters. The minimum atomic E-state index is -3.74. The Kier molecular flexibility index (Phi) is 8.53. The van der Waals surface area contributed by atoms with E-state index in [-0.39, 0.29) is 18.4 Å². The molecule has 1 amide bonds. The Morgan fingerprint density at radius 2 is 1.84 bits per heavy atom. The Morgan fingerprint density at radius 3 is 2.50 bits per heavy atom. The number of benzene rings is 2. The van der Waals surface area contributed by atoms with E-state index >= 15 is 0 Å². The SMILES string of the molecule is CCOc1ccc(N(CC)S(=O)(=O)N2CCCC(C(=O)NCCc3ccccc3)C2)cc1. The first-order valence-electron chi connectivity index (χ1n) is 11.3. The van der Waals surface area contributed by atoms with Gasteiger partial charge in [-0.15, -0.1) is 0 Å². The summed E-state index contributed by atoms with van der Waals surface area (Å²) in [6.45, 7) is 5.74. The summed E-state index contributed by atoms with van der Waals surface area (Å²) in [5, 5.41) is 2.98. The molecule has 1 atom stereocenters. The Morgan fingerprint density at radius 1 is 1.12 bits per heavy atom. The van der Waals surface area contributed by atoms with E-state index in [0.29, 0.717) is 50.5 Å². The largest absolute Gasteiger partial charge is 0.494 e. The van der Waals surface area contributed by atoms with Crippen LogP contribution in [0.1, 0.15) is 32.3 Å². The van der Waals surface area contributed by atoms with Gasteiger partial charge < -0.3 is 10.1 Å². The predicted octanol–water partition coefficient (Wildman–Crippen LogP) is 3.23. The molecule has 1 aliphatic rings. The number of carbonyl (C=O) groups is 1. The summed E-state index contributed by atoms with van der Waals surface area (Å²) in [5.74, 6) is 0.285. The van der Waals surface area contributed by atoms with Crippen LogP contribution in [-0.2, 0) is 21.4 Å². The molecule has 0 spiro atoms. The molecule has 1 N–H and O–H groups in total. The van der Waals surface area contributed by atoms with Crippen molar-refractivity contribution in [3.05, 3.63) is 60.2 Å². The molecular formula is C24H33N3O4S. The second-order valence-electron chi connectivity index (χ2n) is 7.82. The first-order chi connectivity index (χ1) is 15.5. The van der Waals surface area contributed by atoms with E-state index in [1.807, 2.05) is 44.2 Å². The van der Waals surface area contributed by atoms with E-state index < -0.39 is 10.2 Å². The molecule has 1 heterocycles. The van der Waals surface area contributed by atoms with Crippen molar-refractivity contribution in [2.45, 2.75) is 33.1 Å². The minimum absolute atomic E-state index is 0.0788. The smallest absolute Gasteiger partial charge is 0.304 e. The summed E-state index contributed by atoms with van der Waals surface area (Å²) in [5.41, 5.74) is 1.75. The van der Waals surface area contributed by atoms with Crippen LogP contribution in [-0.4, -0.2) is 51.4 Å². The summed E-state index contributed by atoms with van der Waals surface area (Å²) >= 11 is 0. The van der Waals surface area contributed by atoms with Crippen LogP contribution in [0.3, 0.4) is 0 Å². The highest BCUT2D eigenvalue weighted by atomic mass is 32.2. The third-order valence-electron chi connectivity index (χ3n) is 5.64. The van der Waals surface area contributed by atoms with Crippen LogP contribution >= 0.6 is 0 Å². The third kappa shape index (κ3) is 6.01. The number of piperidine rings is 1. The molecule has 0 aromatic heterocycles. The number of carbonyl (C=O) groups excluding carboxylic acids is 1. The molecule has 32 heavy (non-hydrogen) atoms. The second-order valence-corrected chi connectivity index (χ2v) is 9.68. The van der Waals surface area contributed by atoms with Crippen LogP contribution in [0.2, 0.25) is 0 Å². The zero-order valence-electron chi connectivity index (χ0n) is 18.9. The standard InChI is InChI=1S/C24H33N3O4S/c1-3-27(22-12-14-23(15-13-22)31-4-2)32(29,30)26-18-8-11-21(19-26)24(28)25-17-16-20-9-6-5-7-10-20/h5-7,9-10,12-15,21H,3-4,8,11,16-19H2,1-2H3,(H,25,28). The van der Waals surface area contributed by atoms with E-state index in [0.717, 1.165) is 12.0 Å². The maximum Gasteiger partial charge on any atom is 0.304 e. The lowest BCUT2D eigenvalue weighted by molar-refractivity contribution is -0.126. The van der Waals surface area contributed by atoms with Gasteiger partial charge in [-0.1, -0.05) is 30.3 Å². The van der Waals surface area contributed by atoms with Gasteiger partial charge in [-0.2, -0.15) is 12.7 Å². The van der Waals surface area contributed by atoms with Crippen molar-refractivity contribution >= 4 is 21.8 Å². The highest BCUT2D eigenvalue weighted by molar-refractivity contribution is 7.90. The number of hydrogen-bond acceptors (Lipinski definition) is 4. The van der Waals surface area contributed by atoms with Gasteiger partial charge in [0.25, 0.3) is 0 Å². The molecular weight excluding hydrogens is 426 g/mol. The fraction of sp³-hybridized carbons (Fsp3) is 0.458. The van der Waals surface area contributed by atoms with Crippen molar-refractivity contribution in [3.8, 4) is 5.75 Å². The molecule has 1 fully saturated rings. The van der Waals surface area contributed by atoms with Crippen molar-refractivity contribution < 1.29 is 17.9 Å². The van der Waals surface area contributed by atoms with Gasteiger partial charge >= 0.3 is 10.2 Å². The first-order valence-corrected chi connectivity index (χ1v) is 12.7. The predicted molar refractivity (Wildman–Crippen MR) is 127 cm³/mol. The van der Waals surface area contributed by atoms with Crippen LogP contribution in [0.15, 0.2) is 54.6 Å². The van der Waals surface area contributed by atoms with Crippen LogP contribution < -0.4 is 14.4 Å². The van der Waals surface area contributed by atoms with E-state index in [1.54, 1.807) is 24.3 Å². The number of rotatable bonds is 10. The highest BCUT2D eigenvalue weighted by Crippen LogP contribution is 2.27. The number of amides is 1. The maximum atomic E-state index is 13.4. The van der Waals surface area contributed by atoms with Crippen molar-refractivity contribution in [1.29, 1.82) is 0 Å². The fourth-order valence-corrected chi connectivity index (χ4v) is 5.70. The molecule has 8 heteroatoms. The van der Waals surface area contributed by atoms with Gasteiger partial charge in [-0.05, 0) is 62.9 Å². The molecule has 1 saturated heterocycles. The van der Waals surface area contributed by atoms with Gasteiger partial charge in [0.1, 0.15) is 5.75 Å². The summed E-state index contributed by atoms with van der Waals surface area (Å²) in [7, 11) is -3.74. The highest BCUT2D eigenvalue weighted by Gasteiger charge is 2.35. The third-order valence-corrected chi connectivity index (χ3v) is 7.65. The summed E-state index contributed by atoms with van der Waals surface area (Å²) in [6.07, 6.45) is 2.11. The lowest BCUT2D eigenvalue weighted by Crippen LogP contribution is -2.50. The zero-order chi connectivity index (χ0) is 23.0. The molecule has 0 radical (unpaired) electrons. The van der Waals surface area contributed by atoms with Gasteiger partial charge in [0.05, 0.1) is 18.2 Å². The van der Waals surface area contributed by atoms with E-state index in [9.17, 15) is 13.2 Å². The lowest BCUT2D eigenvalue weighted by Gasteiger charge is -2.35. The van der Waals surface area contributed by atoms with Crippen molar-refractivity contribution in [1.82, 2.24) is 9.62 Å². The zero-order valence-corrected chi connectivity index (χ0v) is 19.7. The monoisotopic (exact) mass is 459 g/mol. The number of anilines is 1. The summed E-state index contributed by atoms with van der Waals surface area (Å²) in [6, 6.07) is 17.0. The maximum absolute atomic E-state index is 13.4. The van der Waals surface area contributed by atoms with Crippen molar-refractivity contribution in [3.63, 3.8) is 0 Å². The van der Waals surface area contributed by atoms with Gasteiger partial charge in [-0.3, -0.25) is 9.10 Å². The Hall–Kier alpha value is -2.58. The van der Waals surface area contributed by atoms with Gasteiger partial charge in [-0.25, -0.2) is 0 Å². The number of nitrogens with one attached hydrogen (secondary N) is 1. The molecule has 1 aliphatic heterocycles. The van der Waals surface area contributed by atoms with E-state index in [1.165, 1.54) is 8.61 Å². The molecule has 0 saturated carbocycles. The van der Waals surface area contributed by atoms with Gasteiger partial charge in [0.15, 0.2) is 0 Å². The average molecular weight is 460 g/mol. The van der Waals surface area contributed by atoms with E-state index in [4.69, 9.17) is 4.74 Å². The average Bonchev–Trinajstić information content (AvgIpc) is 2.81. The Labute approximate surface area is 191 Å². The van der Waals surface area contributed by atoms with Crippen LogP contribution in [0.5, 0.6) is 5.75 Å².